The van der Waals surface area contributed by atoms with Crippen molar-refractivity contribution < 1.29 is 19.7 Å². The predicted octanol–water partition coefficient (Wildman–Crippen LogP) is 13.2. The molecule has 2 aromatic carbocycles. The highest BCUT2D eigenvalue weighted by Crippen LogP contribution is 2.33. The zero-order chi connectivity index (χ0) is 37.1. The predicted molar refractivity (Wildman–Crippen MR) is 219 cm³/mol. The van der Waals surface area contributed by atoms with E-state index in [1.165, 1.54) is 38.2 Å². The number of unbranched alkanes of at least 4 members (excludes halogenated alkanes) is 5. The summed E-state index contributed by atoms with van der Waals surface area (Å²) in [6.07, 6.45) is 41.7. The van der Waals surface area contributed by atoms with Crippen molar-refractivity contribution in [1.29, 1.82) is 0 Å². The normalized spacial score (nSPS) is 12.8. The fourth-order valence-electron chi connectivity index (χ4n) is 5.29. The van der Waals surface area contributed by atoms with Gasteiger partial charge in [-0.05, 0) is 72.9 Å². The first-order valence-electron chi connectivity index (χ1n) is 18.6. The van der Waals surface area contributed by atoms with E-state index in [-0.39, 0.29) is 11.5 Å². The number of halogens is 1. The Morgan fingerprint density at radius 3 is 1.75 bits per heavy atom. The third kappa shape index (κ3) is 20.9. The number of carbonyl (C=O) groups is 1. The van der Waals surface area contributed by atoms with E-state index in [1.54, 1.807) is 30.4 Å². The van der Waals surface area contributed by atoms with Gasteiger partial charge in [0.25, 0.3) is 0 Å². The highest BCUT2D eigenvalue weighted by atomic mass is 35.5. The van der Waals surface area contributed by atoms with Gasteiger partial charge in [-0.15, -0.1) is 0 Å². The fraction of sp³-hybridized carbons (Fsp3) is 0.370. The Balaban J connectivity index is 1.82. The van der Waals surface area contributed by atoms with E-state index >= 15 is 0 Å². The molecule has 0 saturated carbocycles. The van der Waals surface area contributed by atoms with Gasteiger partial charge in [0.15, 0.2) is 0 Å². The van der Waals surface area contributed by atoms with Crippen LogP contribution in [0.1, 0.15) is 102 Å². The van der Waals surface area contributed by atoms with E-state index in [2.05, 4.69) is 27.7 Å². The van der Waals surface area contributed by atoms with E-state index in [0.29, 0.717) is 23.1 Å². The largest absolute Gasteiger partial charge is 0.508 e. The van der Waals surface area contributed by atoms with E-state index in [0.717, 1.165) is 54.7 Å². The Hall–Kier alpha value is -4.28. The van der Waals surface area contributed by atoms with Crippen LogP contribution in [0.4, 0.5) is 0 Å². The maximum absolute atomic E-state index is 12.7. The number of aryl methyl sites for hydroxylation is 1. The number of aromatic hydroxyl groups is 2. The number of esters is 1. The maximum Gasteiger partial charge on any atom is 0.336 e. The summed E-state index contributed by atoms with van der Waals surface area (Å²) in [5.74, 6) is 1.71. The summed E-state index contributed by atoms with van der Waals surface area (Å²) in [4.78, 5) is 12.7. The van der Waals surface area contributed by atoms with Crippen molar-refractivity contribution >= 4 is 23.6 Å². The van der Waals surface area contributed by atoms with E-state index in [4.69, 9.17) is 16.3 Å². The van der Waals surface area contributed by atoms with Gasteiger partial charge in [-0.25, -0.2) is 4.79 Å². The van der Waals surface area contributed by atoms with Crippen LogP contribution in [0.15, 0.2) is 121 Å². The second-order valence-corrected chi connectivity index (χ2v) is 14.0. The molecule has 0 unspecified atom stereocenters. The maximum atomic E-state index is 12.7. The number of phenolic OH excluding ortho intramolecular Hbond substituents is 2. The van der Waals surface area contributed by atoms with Crippen LogP contribution in [-0.2, 0) is 17.6 Å². The first kappa shape index (κ1) is 42.9. The second kappa shape index (κ2) is 26.5. The number of ether oxygens (including phenoxy) is 1. The molecule has 2 N–H and O–H groups in total. The van der Waals surface area contributed by atoms with Crippen LogP contribution in [0.2, 0.25) is 5.02 Å². The Kier molecular flexibility index (Phi) is 22.3. The molecule has 5 heteroatoms. The lowest BCUT2D eigenvalue weighted by Crippen LogP contribution is -2.07. The molecular weight excluding hydrogens is 652 g/mol. The van der Waals surface area contributed by atoms with Crippen LogP contribution < -0.4 is 4.74 Å². The number of phenols is 2. The van der Waals surface area contributed by atoms with Crippen molar-refractivity contribution in [3.63, 3.8) is 0 Å². The van der Waals surface area contributed by atoms with Crippen molar-refractivity contribution in [2.45, 2.75) is 98.3 Å². The highest BCUT2D eigenvalue weighted by Gasteiger charge is 2.14. The van der Waals surface area contributed by atoms with Crippen LogP contribution in [0.3, 0.4) is 0 Å². The van der Waals surface area contributed by atoms with Crippen molar-refractivity contribution in [3.05, 3.63) is 143 Å². The summed E-state index contributed by atoms with van der Waals surface area (Å²) in [5, 5.41) is 20.7. The van der Waals surface area contributed by atoms with Gasteiger partial charge in [0, 0.05) is 11.6 Å². The first-order valence-corrected chi connectivity index (χ1v) is 18.9. The SMILES string of the molecule is CC(C)CCCCCCCCc1c(O)cc(CCCC(C)C)cc1OC(=O)C=CC=CC=CC=CC=CC=CC=CC=Cc1ccc(O)c(Cl)c1. The number of hydrogen-bond acceptors (Lipinski definition) is 4. The van der Waals surface area contributed by atoms with Crippen LogP contribution in [0.25, 0.3) is 6.08 Å². The van der Waals surface area contributed by atoms with Crippen LogP contribution in [0.5, 0.6) is 17.2 Å². The van der Waals surface area contributed by atoms with Gasteiger partial charge >= 0.3 is 5.97 Å². The molecule has 0 saturated heterocycles. The summed E-state index contributed by atoms with van der Waals surface area (Å²) in [6.45, 7) is 8.98. The van der Waals surface area contributed by atoms with Gasteiger partial charge in [-0.1, -0.05) is 181 Å². The van der Waals surface area contributed by atoms with Crippen molar-refractivity contribution in [3.8, 4) is 17.2 Å². The minimum Gasteiger partial charge on any atom is -0.508 e. The lowest BCUT2D eigenvalue weighted by atomic mass is 9.98. The molecule has 51 heavy (non-hydrogen) atoms. The summed E-state index contributed by atoms with van der Waals surface area (Å²) >= 11 is 5.92. The summed E-state index contributed by atoms with van der Waals surface area (Å²) in [5.41, 5.74) is 2.63. The topological polar surface area (TPSA) is 66.8 Å². The lowest BCUT2D eigenvalue weighted by Gasteiger charge is -2.14. The second-order valence-electron chi connectivity index (χ2n) is 13.6. The Morgan fingerprint density at radius 1 is 0.627 bits per heavy atom. The quantitative estimate of drug-likeness (QED) is 0.0396. The van der Waals surface area contributed by atoms with E-state index < -0.39 is 5.97 Å². The number of carbonyl (C=O) groups excluding carboxylic acids is 1. The van der Waals surface area contributed by atoms with Crippen molar-refractivity contribution in [2.24, 2.45) is 11.8 Å². The minimum atomic E-state index is -0.458. The van der Waals surface area contributed by atoms with Gasteiger partial charge < -0.3 is 14.9 Å². The third-order valence-electron chi connectivity index (χ3n) is 8.10. The molecule has 2 rings (SSSR count). The average molecular weight is 711 g/mol. The molecule has 274 valence electrons. The van der Waals surface area contributed by atoms with Gasteiger partial charge in [0.2, 0.25) is 0 Å². The van der Waals surface area contributed by atoms with Gasteiger partial charge in [0.05, 0.1) is 5.02 Å². The number of benzene rings is 2. The molecule has 0 spiro atoms. The molecule has 0 aliphatic carbocycles. The highest BCUT2D eigenvalue weighted by molar-refractivity contribution is 6.32. The van der Waals surface area contributed by atoms with Gasteiger partial charge in [-0.2, -0.15) is 0 Å². The molecule has 0 aliphatic heterocycles. The standard InChI is InChI=1S/C46H59ClO4/c1-37(2)26-21-17-15-16-19-23-30-41-44(49)35-40(29-25-27-38(3)4)36-45(41)51-46(50)31-24-20-14-12-10-8-6-5-7-9-11-13-18-22-28-39-32-33-43(48)42(47)34-39/h5-14,18,20,22,24,28,31-38,48-49H,15-17,19,21,23,25-27,29-30H2,1-4H3. The number of rotatable bonds is 23. The summed E-state index contributed by atoms with van der Waals surface area (Å²) in [7, 11) is 0. The smallest absolute Gasteiger partial charge is 0.336 e. The monoisotopic (exact) mass is 710 g/mol. The molecule has 0 fully saturated rings. The van der Waals surface area contributed by atoms with E-state index in [1.807, 2.05) is 91.1 Å². The molecule has 0 heterocycles. The Bertz CT molecular complexity index is 1550. The first-order chi connectivity index (χ1) is 24.7. The fourth-order valence-corrected chi connectivity index (χ4v) is 5.48. The number of allylic oxidation sites excluding steroid dienone is 14. The molecular formula is C46H59ClO4. The molecule has 0 radical (unpaired) electrons. The van der Waals surface area contributed by atoms with Crippen LogP contribution >= 0.6 is 11.6 Å². The van der Waals surface area contributed by atoms with Gasteiger partial charge in [0.1, 0.15) is 17.2 Å². The van der Waals surface area contributed by atoms with Crippen molar-refractivity contribution in [2.75, 3.05) is 0 Å². The third-order valence-corrected chi connectivity index (χ3v) is 8.40. The number of hydrogen-bond donors (Lipinski definition) is 2. The minimum absolute atomic E-state index is 0.0763. The van der Waals surface area contributed by atoms with Crippen molar-refractivity contribution in [1.82, 2.24) is 0 Å². The molecule has 4 nitrogen and oxygen atoms in total. The molecule has 0 atom stereocenters. The Labute approximate surface area is 313 Å². The zero-order valence-electron chi connectivity index (χ0n) is 31.1. The summed E-state index contributed by atoms with van der Waals surface area (Å²) < 4.78 is 5.79. The molecule has 2 aromatic rings. The van der Waals surface area contributed by atoms with Crippen LogP contribution in [0, 0.1) is 11.8 Å². The summed E-state index contributed by atoms with van der Waals surface area (Å²) in [6, 6.07) is 8.87. The van der Waals surface area contributed by atoms with E-state index in [9.17, 15) is 15.0 Å². The van der Waals surface area contributed by atoms with Gasteiger partial charge in [-0.3, -0.25) is 0 Å². The molecule has 0 aromatic heterocycles. The molecule has 0 aliphatic rings. The Morgan fingerprint density at radius 2 is 1.16 bits per heavy atom. The molecule has 0 amide bonds. The van der Waals surface area contributed by atoms with Crippen LogP contribution in [-0.4, -0.2) is 16.2 Å². The molecule has 0 bridgehead atoms. The average Bonchev–Trinajstić information content (AvgIpc) is 3.08. The zero-order valence-corrected chi connectivity index (χ0v) is 31.9. The lowest BCUT2D eigenvalue weighted by molar-refractivity contribution is -0.129.